The van der Waals surface area contributed by atoms with E-state index < -0.39 is 0 Å². The van der Waals surface area contributed by atoms with E-state index in [-0.39, 0.29) is 12.5 Å². The summed E-state index contributed by atoms with van der Waals surface area (Å²) >= 11 is 0. The lowest BCUT2D eigenvalue weighted by Crippen LogP contribution is -2.20. The molecule has 1 amide bonds. The van der Waals surface area contributed by atoms with Gasteiger partial charge in [0.1, 0.15) is 0 Å². The number of anilines is 1. The Bertz CT molecular complexity index is 1030. The second-order valence-corrected chi connectivity index (χ2v) is 6.66. The van der Waals surface area contributed by atoms with Gasteiger partial charge in [-0.05, 0) is 66.9 Å². The van der Waals surface area contributed by atoms with Gasteiger partial charge in [0, 0.05) is 11.9 Å². The lowest BCUT2D eigenvalue weighted by Gasteiger charge is -2.11. The number of benzene rings is 3. The van der Waals surface area contributed by atoms with Gasteiger partial charge < -0.3 is 14.8 Å². The van der Waals surface area contributed by atoms with Crippen LogP contribution in [0.25, 0.3) is 0 Å². The summed E-state index contributed by atoms with van der Waals surface area (Å²) in [6.45, 7) is 3.88. The van der Waals surface area contributed by atoms with E-state index in [4.69, 9.17) is 9.47 Å². The van der Waals surface area contributed by atoms with E-state index in [0.29, 0.717) is 11.5 Å². The van der Waals surface area contributed by atoms with Crippen molar-refractivity contribution in [2.45, 2.75) is 13.8 Å². The topological polar surface area (TPSA) is 59.9 Å². The Morgan fingerprint density at radius 1 is 1.00 bits per heavy atom. The summed E-state index contributed by atoms with van der Waals surface area (Å²) in [5.41, 5.74) is 4.72. The fourth-order valence-electron chi connectivity index (χ4n) is 2.80. The second-order valence-electron chi connectivity index (χ2n) is 6.66. The molecule has 0 radical (unpaired) electrons. The summed E-state index contributed by atoms with van der Waals surface area (Å²) in [5.74, 6) is 0.810. The number of nitrogens with one attached hydrogen (secondary N) is 1. The Kier molecular flexibility index (Phi) is 6.63. The van der Waals surface area contributed by atoms with Crippen molar-refractivity contribution in [2.24, 2.45) is 4.99 Å². The smallest absolute Gasteiger partial charge is 0.262 e. The van der Waals surface area contributed by atoms with E-state index in [1.54, 1.807) is 19.4 Å². The summed E-state index contributed by atoms with van der Waals surface area (Å²) in [7, 11) is 1.57. The molecule has 5 heteroatoms. The predicted molar refractivity (Wildman–Crippen MR) is 117 cm³/mol. The average molecular weight is 388 g/mol. The molecule has 3 aromatic rings. The molecule has 148 valence electrons. The molecule has 0 bridgehead atoms. The monoisotopic (exact) mass is 388 g/mol. The largest absolute Gasteiger partial charge is 0.493 e. The van der Waals surface area contributed by atoms with E-state index in [0.717, 1.165) is 28.1 Å². The molecular formula is C24H24N2O3. The first-order valence-corrected chi connectivity index (χ1v) is 9.32. The minimum absolute atomic E-state index is 0.110. The first kappa shape index (κ1) is 20.1. The van der Waals surface area contributed by atoms with Crippen molar-refractivity contribution in [2.75, 3.05) is 19.0 Å². The van der Waals surface area contributed by atoms with Crippen LogP contribution in [-0.2, 0) is 4.79 Å². The number of nitrogens with zero attached hydrogens (tertiary/aromatic N) is 1. The number of carbonyl (C=O) groups is 1. The third kappa shape index (κ3) is 5.69. The normalized spacial score (nSPS) is 10.7. The van der Waals surface area contributed by atoms with E-state index >= 15 is 0 Å². The molecule has 3 aromatic carbocycles. The second kappa shape index (κ2) is 9.55. The third-order valence-corrected chi connectivity index (χ3v) is 4.32. The number of ether oxygens (including phenoxy) is 2. The maximum Gasteiger partial charge on any atom is 0.262 e. The summed E-state index contributed by atoms with van der Waals surface area (Å²) in [6, 6.07) is 21.0. The molecule has 5 nitrogen and oxygen atoms in total. The van der Waals surface area contributed by atoms with E-state index in [2.05, 4.69) is 10.3 Å². The van der Waals surface area contributed by atoms with Gasteiger partial charge >= 0.3 is 0 Å². The fraction of sp³-hybridized carbons (Fsp3) is 0.167. The highest BCUT2D eigenvalue weighted by Crippen LogP contribution is 2.28. The van der Waals surface area contributed by atoms with Crippen LogP contribution in [-0.4, -0.2) is 25.8 Å². The van der Waals surface area contributed by atoms with Crippen LogP contribution in [0.15, 0.2) is 71.7 Å². The van der Waals surface area contributed by atoms with Crippen LogP contribution < -0.4 is 14.8 Å². The average Bonchev–Trinajstić information content (AvgIpc) is 2.72. The molecule has 29 heavy (non-hydrogen) atoms. The molecule has 0 aliphatic heterocycles. The van der Waals surface area contributed by atoms with Gasteiger partial charge in [0.25, 0.3) is 5.91 Å². The fourth-order valence-corrected chi connectivity index (χ4v) is 2.80. The molecule has 0 fully saturated rings. The van der Waals surface area contributed by atoms with Crippen LogP contribution in [0, 0.1) is 13.8 Å². The molecule has 0 unspecified atom stereocenters. The number of aliphatic imine (C=N–C) groups is 1. The van der Waals surface area contributed by atoms with Crippen molar-refractivity contribution in [3.8, 4) is 11.5 Å². The predicted octanol–water partition coefficient (Wildman–Crippen LogP) is 5.08. The van der Waals surface area contributed by atoms with Gasteiger partial charge in [-0.15, -0.1) is 0 Å². The molecule has 0 heterocycles. The van der Waals surface area contributed by atoms with Crippen molar-refractivity contribution in [3.05, 3.63) is 83.4 Å². The molecule has 1 N–H and O–H groups in total. The number of rotatable bonds is 7. The van der Waals surface area contributed by atoms with Crippen LogP contribution in [0.2, 0.25) is 0 Å². The molecule has 0 saturated carbocycles. The molecule has 0 aromatic heterocycles. The Hall–Kier alpha value is -3.60. The summed E-state index contributed by atoms with van der Waals surface area (Å²) in [6.07, 6.45) is 1.78. The van der Waals surface area contributed by atoms with E-state index in [1.165, 1.54) is 0 Å². The maximum atomic E-state index is 12.2. The van der Waals surface area contributed by atoms with Crippen LogP contribution in [0.1, 0.15) is 16.7 Å². The zero-order chi connectivity index (χ0) is 20.6. The Labute approximate surface area is 171 Å². The lowest BCUT2D eigenvalue weighted by molar-refractivity contribution is -0.118. The van der Waals surface area contributed by atoms with Crippen LogP contribution in [0.5, 0.6) is 11.5 Å². The zero-order valence-corrected chi connectivity index (χ0v) is 16.8. The lowest BCUT2D eigenvalue weighted by atomic mass is 10.2. The summed E-state index contributed by atoms with van der Waals surface area (Å²) in [4.78, 5) is 16.7. The maximum absolute atomic E-state index is 12.2. The Morgan fingerprint density at radius 2 is 1.83 bits per heavy atom. The van der Waals surface area contributed by atoms with Crippen molar-refractivity contribution < 1.29 is 14.3 Å². The van der Waals surface area contributed by atoms with Gasteiger partial charge in [-0.25, -0.2) is 0 Å². The molecule has 0 aliphatic carbocycles. The van der Waals surface area contributed by atoms with Crippen molar-refractivity contribution in [3.63, 3.8) is 0 Å². The highest BCUT2D eigenvalue weighted by Gasteiger charge is 2.09. The number of hydrogen-bond acceptors (Lipinski definition) is 4. The van der Waals surface area contributed by atoms with Gasteiger partial charge in [-0.2, -0.15) is 0 Å². The first-order valence-electron chi connectivity index (χ1n) is 9.32. The number of hydrogen-bond donors (Lipinski definition) is 1. The van der Waals surface area contributed by atoms with Crippen LogP contribution in [0.3, 0.4) is 0 Å². The summed E-state index contributed by atoms with van der Waals surface area (Å²) in [5, 5.41) is 2.82. The standard InChI is InChI=1S/C24H24N2O3/c1-17-7-6-9-20(13-17)26-24(27)16-29-22-12-11-19(14-23(22)28-3)15-25-21-10-5-4-8-18(21)2/h4-15H,16H2,1-3H3,(H,26,27). The summed E-state index contributed by atoms with van der Waals surface area (Å²) < 4.78 is 11.1. The quantitative estimate of drug-likeness (QED) is 0.574. The highest BCUT2D eigenvalue weighted by molar-refractivity contribution is 5.92. The minimum Gasteiger partial charge on any atom is -0.493 e. The number of amides is 1. The molecule has 0 aliphatic rings. The van der Waals surface area contributed by atoms with Crippen molar-refractivity contribution in [1.29, 1.82) is 0 Å². The first-order chi connectivity index (χ1) is 14.0. The third-order valence-electron chi connectivity index (χ3n) is 4.32. The van der Waals surface area contributed by atoms with Gasteiger partial charge in [-0.1, -0.05) is 30.3 Å². The van der Waals surface area contributed by atoms with Gasteiger partial charge in [0.05, 0.1) is 12.8 Å². The minimum atomic E-state index is -0.233. The molecule has 0 saturated heterocycles. The van der Waals surface area contributed by atoms with Crippen molar-refractivity contribution in [1.82, 2.24) is 0 Å². The van der Waals surface area contributed by atoms with E-state index in [9.17, 15) is 4.79 Å². The molecule has 0 atom stereocenters. The van der Waals surface area contributed by atoms with Gasteiger partial charge in [-0.3, -0.25) is 9.79 Å². The Balaban J connectivity index is 1.64. The zero-order valence-electron chi connectivity index (χ0n) is 16.8. The number of para-hydroxylation sites is 1. The van der Waals surface area contributed by atoms with Crippen LogP contribution >= 0.6 is 0 Å². The molecule has 3 rings (SSSR count). The highest BCUT2D eigenvalue weighted by atomic mass is 16.5. The number of aryl methyl sites for hydroxylation is 2. The Morgan fingerprint density at radius 3 is 2.59 bits per heavy atom. The van der Waals surface area contributed by atoms with Crippen molar-refractivity contribution >= 4 is 23.5 Å². The number of carbonyl (C=O) groups excluding carboxylic acids is 1. The number of methoxy groups -OCH3 is 1. The molecule has 0 spiro atoms. The SMILES string of the molecule is COc1cc(C=Nc2ccccc2C)ccc1OCC(=O)Nc1cccc(C)c1. The van der Waals surface area contributed by atoms with E-state index in [1.807, 2.05) is 74.5 Å². The van der Waals surface area contributed by atoms with Gasteiger partial charge in [0.15, 0.2) is 18.1 Å². The van der Waals surface area contributed by atoms with Gasteiger partial charge in [0.2, 0.25) is 0 Å². The van der Waals surface area contributed by atoms with Crippen LogP contribution in [0.4, 0.5) is 11.4 Å². The molecular weight excluding hydrogens is 364 g/mol.